The summed E-state index contributed by atoms with van der Waals surface area (Å²) in [6.07, 6.45) is 1.64. The summed E-state index contributed by atoms with van der Waals surface area (Å²) in [4.78, 5) is 27.9. The van der Waals surface area contributed by atoms with E-state index in [4.69, 9.17) is 18.9 Å². The highest BCUT2D eigenvalue weighted by atomic mass is 16.7. The Kier molecular flexibility index (Phi) is 4.99. The van der Waals surface area contributed by atoms with Crippen LogP contribution in [0.1, 0.15) is 18.4 Å². The molecule has 8 heteroatoms. The Morgan fingerprint density at radius 2 is 1.87 bits per heavy atom. The van der Waals surface area contributed by atoms with Crippen molar-refractivity contribution in [1.29, 1.82) is 0 Å². The van der Waals surface area contributed by atoms with Crippen molar-refractivity contribution in [2.45, 2.75) is 18.9 Å². The number of fused-ring (bicyclic) bond motifs is 1. The lowest BCUT2D eigenvalue weighted by atomic mass is 10.0. The second-order valence-electron chi connectivity index (χ2n) is 7.53. The predicted octanol–water partition coefficient (Wildman–Crippen LogP) is 2.79. The number of benzene rings is 2. The lowest BCUT2D eigenvalue weighted by Gasteiger charge is -2.19. The summed E-state index contributed by atoms with van der Waals surface area (Å²) in [6.45, 7) is 1.05. The fourth-order valence-corrected chi connectivity index (χ4v) is 3.99. The van der Waals surface area contributed by atoms with Crippen LogP contribution in [0.4, 0.5) is 5.69 Å². The van der Waals surface area contributed by atoms with Crippen molar-refractivity contribution in [1.82, 2.24) is 4.90 Å². The summed E-state index contributed by atoms with van der Waals surface area (Å²) in [5.74, 6) is 1.19. The molecule has 1 fully saturated rings. The largest absolute Gasteiger partial charge is 0.497 e. The molecule has 1 atom stereocenters. The second-order valence-corrected chi connectivity index (χ2v) is 7.53. The van der Waals surface area contributed by atoms with Crippen LogP contribution >= 0.6 is 0 Å². The second kappa shape index (κ2) is 7.96. The Labute approximate surface area is 179 Å². The maximum Gasteiger partial charge on any atom is 0.278 e. The van der Waals surface area contributed by atoms with Crippen molar-refractivity contribution in [3.8, 4) is 17.2 Å². The average molecular weight is 422 g/mol. The number of amides is 2. The molecule has 1 unspecified atom stereocenters. The van der Waals surface area contributed by atoms with Crippen LogP contribution in [-0.2, 0) is 14.3 Å². The number of anilines is 1. The third kappa shape index (κ3) is 3.59. The third-order valence-electron chi connectivity index (χ3n) is 5.60. The van der Waals surface area contributed by atoms with E-state index in [2.05, 4.69) is 5.32 Å². The molecule has 3 heterocycles. The van der Waals surface area contributed by atoms with E-state index in [0.29, 0.717) is 40.7 Å². The van der Waals surface area contributed by atoms with Crippen molar-refractivity contribution in [2.75, 3.05) is 32.4 Å². The summed E-state index contributed by atoms with van der Waals surface area (Å²) in [6, 6.07) is 12.4. The minimum atomic E-state index is -0.371. The standard InChI is InChI=1S/C23H22N2O6/c1-28-16-7-4-14(5-8-16)20-21(24-15-6-9-18-19(11-15)31-13-30-18)23(27)25(22(20)26)12-17-3-2-10-29-17/h4-9,11,17,24H,2-3,10,12-13H2,1H3. The highest BCUT2D eigenvalue weighted by Crippen LogP contribution is 2.37. The normalized spacial score (nSPS) is 20.0. The fourth-order valence-electron chi connectivity index (χ4n) is 3.99. The van der Waals surface area contributed by atoms with Gasteiger partial charge in [-0.2, -0.15) is 0 Å². The van der Waals surface area contributed by atoms with Crippen LogP contribution in [0.25, 0.3) is 5.57 Å². The van der Waals surface area contributed by atoms with E-state index < -0.39 is 0 Å². The predicted molar refractivity (Wildman–Crippen MR) is 112 cm³/mol. The van der Waals surface area contributed by atoms with Crippen molar-refractivity contribution < 1.29 is 28.5 Å². The molecule has 1 saturated heterocycles. The van der Waals surface area contributed by atoms with E-state index in [1.807, 2.05) is 0 Å². The van der Waals surface area contributed by atoms with Gasteiger partial charge in [-0.25, -0.2) is 0 Å². The fraction of sp³-hybridized carbons (Fsp3) is 0.304. The van der Waals surface area contributed by atoms with Crippen LogP contribution < -0.4 is 19.5 Å². The monoisotopic (exact) mass is 422 g/mol. The van der Waals surface area contributed by atoms with Gasteiger partial charge >= 0.3 is 0 Å². The number of carbonyl (C=O) groups excluding carboxylic acids is 2. The lowest BCUT2D eigenvalue weighted by Crippen LogP contribution is -2.38. The molecule has 3 aliphatic heterocycles. The minimum Gasteiger partial charge on any atom is -0.497 e. The summed E-state index contributed by atoms with van der Waals surface area (Å²) in [5, 5.41) is 3.14. The number of methoxy groups -OCH3 is 1. The molecule has 0 spiro atoms. The molecule has 31 heavy (non-hydrogen) atoms. The SMILES string of the molecule is COc1ccc(C2=C(Nc3ccc4c(c3)OCO4)C(=O)N(CC3CCCO3)C2=O)cc1. The van der Waals surface area contributed by atoms with Gasteiger partial charge < -0.3 is 24.3 Å². The number of rotatable bonds is 6. The molecule has 0 aliphatic carbocycles. The van der Waals surface area contributed by atoms with Crippen molar-refractivity contribution in [3.63, 3.8) is 0 Å². The Hall–Kier alpha value is -3.52. The molecule has 0 bridgehead atoms. The quantitative estimate of drug-likeness (QED) is 0.717. The zero-order valence-corrected chi connectivity index (χ0v) is 17.1. The minimum absolute atomic E-state index is 0.130. The number of nitrogens with zero attached hydrogens (tertiary/aromatic N) is 1. The van der Waals surface area contributed by atoms with E-state index in [9.17, 15) is 9.59 Å². The van der Waals surface area contributed by atoms with Crippen molar-refractivity contribution in [3.05, 3.63) is 53.7 Å². The molecule has 2 aromatic carbocycles. The molecule has 0 saturated carbocycles. The van der Waals surface area contributed by atoms with Gasteiger partial charge in [0.25, 0.3) is 11.8 Å². The number of hydrogen-bond donors (Lipinski definition) is 1. The average Bonchev–Trinajstić information content (AvgIpc) is 3.52. The number of imide groups is 1. The van der Waals surface area contributed by atoms with Gasteiger partial charge in [-0.15, -0.1) is 0 Å². The van der Waals surface area contributed by atoms with Gasteiger partial charge in [-0.1, -0.05) is 12.1 Å². The van der Waals surface area contributed by atoms with Gasteiger partial charge in [0.1, 0.15) is 11.4 Å². The first kappa shape index (κ1) is 19.4. The molecule has 0 radical (unpaired) electrons. The van der Waals surface area contributed by atoms with Crippen LogP contribution in [0.15, 0.2) is 48.2 Å². The third-order valence-corrected chi connectivity index (χ3v) is 5.60. The van der Waals surface area contributed by atoms with E-state index >= 15 is 0 Å². The molecular weight excluding hydrogens is 400 g/mol. The first-order valence-corrected chi connectivity index (χ1v) is 10.2. The Bertz CT molecular complexity index is 1060. The molecule has 8 nitrogen and oxygen atoms in total. The van der Waals surface area contributed by atoms with Crippen LogP contribution in [0.5, 0.6) is 17.2 Å². The van der Waals surface area contributed by atoms with E-state index in [1.54, 1.807) is 49.6 Å². The number of hydrogen-bond acceptors (Lipinski definition) is 7. The number of ether oxygens (including phenoxy) is 4. The maximum absolute atomic E-state index is 13.3. The van der Waals surface area contributed by atoms with Gasteiger partial charge in [-0.3, -0.25) is 14.5 Å². The van der Waals surface area contributed by atoms with E-state index in [-0.39, 0.29) is 37.0 Å². The molecule has 2 aromatic rings. The van der Waals surface area contributed by atoms with Gasteiger partial charge in [-0.05, 0) is 42.7 Å². The maximum atomic E-state index is 13.3. The molecule has 3 aliphatic rings. The molecule has 160 valence electrons. The lowest BCUT2D eigenvalue weighted by molar-refractivity contribution is -0.138. The van der Waals surface area contributed by atoms with E-state index in [0.717, 1.165) is 12.8 Å². The van der Waals surface area contributed by atoms with Crippen molar-refractivity contribution >= 4 is 23.1 Å². The summed E-state index contributed by atoms with van der Waals surface area (Å²) < 4.78 is 21.6. The van der Waals surface area contributed by atoms with Gasteiger partial charge in [0, 0.05) is 18.4 Å². The Morgan fingerprint density at radius 1 is 1.06 bits per heavy atom. The highest BCUT2D eigenvalue weighted by Gasteiger charge is 2.40. The van der Waals surface area contributed by atoms with Crippen LogP contribution in [0, 0.1) is 0 Å². The summed E-state index contributed by atoms with van der Waals surface area (Å²) in [7, 11) is 1.58. The zero-order valence-electron chi connectivity index (χ0n) is 17.1. The Morgan fingerprint density at radius 3 is 2.61 bits per heavy atom. The molecule has 0 aromatic heterocycles. The molecule has 5 rings (SSSR count). The van der Waals surface area contributed by atoms with Crippen LogP contribution in [0.2, 0.25) is 0 Å². The first-order chi connectivity index (χ1) is 15.1. The molecule has 2 amide bonds. The Balaban J connectivity index is 1.50. The summed E-state index contributed by atoms with van der Waals surface area (Å²) in [5.41, 5.74) is 1.82. The van der Waals surface area contributed by atoms with Crippen molar-refractivity contribution in [2.24, 2.45) is 0 Å². The smallest absolute Gasteiger partial charge is 0.278 e. The summed E-state index contributed by atoms with van der Waals surface area (Å²) >= 11 is 0. The highest BCUT2D eigenvalue weighted by molar-refractivity contribution is 6.36. The van der Waals surface area contributed by atoms with Crippen LogP contribution in [0.3, 0.4) is 0 Å². The van der Waals surface area contributed by atoms with Gasteiger partial charge in [0.2, 0.25) is 6.79 Å². The zero-order chi connectivity index (χ0) is 21.4. The molecule has 1 N–H and O–H groups in total. The molecular formula is C23H22N2O6. The number of nitrogens with one attached hydrogen (secondary N) is 1. The topological polar surface area (TPSA) is 86.3 Å². The van der Waals surface area contributed by atoms with E-state index in [1.165, 1.54) is 4.90 Å². The van der Waals surface area contributed by atoms with Gasteiger partial charge in [0.05, 0.1) is 25.3 Å². The number of carbonyl (C=O) groups is 2. The van der Waals surface area contributed by atoms with Gasteiger partial charge in [0.15, 0.2) is 11.5 Å². The van der Waals surface area contributed by atoms with Crippen LogP contribution in [-0.4, -0.2) is 49.9 Å². The first-order valence-electron chi connectivity index (χ1n) is 10.2.